The highest BCUT2D eigenvalue weighted by molar-refractivity contribution is 5.92. The highest BCUT2D eigenvalue weighted by Gasteiger charge is 2.22. The number of benzene rings is 1. The standard InChI is InChI=1S/C16H19N3O/c1-4-13(12-6-8-20-10-12)16-14(5-1)15(18-19-16)11-3-2-7-17-9-11/h1,3-5,12,17H,2,6-10H2,(H,18,19)/t12-/m0/s1. The van der Waals surface area contributed by atoms with Crippen molar-refractivity contribution in [3.05, 3.63) is 35.5 Å². The Morgan fingerprint density at radius 1 is 1.30 bits per heavy atom. The molecule has 1 saturated heterocycles. The molecular formula is C16H19N3O. The van der Waals surface area contributed by atoms with E-state index in [-0.39, 0.29) is 0 Å². The first-order valence-electron chi connectivity index (χ1n) is 7.38. The quantitative estimate of drug-likeness (QED) is 0.880. The summed E-state index contributed by atoms with van der Waals surface area (Å²) in [5.74, 6) is 0.494. The van der Waals surface area contributed by atoms with Gasteiger partial charge in [-0.2, -0.15) is 5.10 Å². The molecule has 2 N–H and O–H groups in total. The molecule has 1 fully saturated rings. The van der Waals surface area contributed by atoms with Gasteiger partial charge in [0.25, 0.3) is 0 Å². The number of nitrogens with one attached hydrogen (secondary N) is 2. The Hall–Kier alpha value is -1.65. The van der Waals surface area contributed by atoms with Crippen molar-refractivity contribution in [3.8, 4) is 0 Å². The lowest BCUT2D eigenvalue weighted by Crippen LogP contribution is -2.21. The van der Waals surface area contributed by atoms with Gasteiger partial charge >= 0.3 is 0 Å². The molecule has 0 amide bonds. The topological polar surface area (TPSA) is 49.9 Å². The maximum absolute atomic E-state index is 5.52. The van der Waals surface area contributed by atoms with Crippen LogP contribution < -0.4 is 5.32 Å². The first-order valence-corrected chi connectivity index (χ1v) is 7.38. The van der Waals surface area contributed by atoms with E-state index >= 15 is 0 Å². The number of rotatable bonds is 2. The van der Waals surface area contributed by atoms with E-state index in [1.807, 2.05) is 0 Å². The predicted octanol–water partition coefficient (Wildman–Crippen LogP) is 2.44. The van der Waals surface area contributed by atoms with Gasteiger partial charge in [-0.05, 0) is 30.5 Å². The van der Waals surface area contributed by atoms with E-state index in [2.05, 4.69) is 39.8 Å². The SMILES string of the molecule is C1=C(c2[nH]nc3c([C@H]4CCOC4)cccc23)CNCC1. The number of nitrogens with zero attached hydrogens (tertiary/aromatic N) is 1. The van der Waals surface area contributed by atoms with Crippen LogP contribution >= 0.6 is 0 Å². The van der Waals surface area contributed by atoms with E-state index in [1.165, 1.54) is 22.2 Å². The maximum Gasteiger partial charge on any atom is 0.0962 e. The molecular weight excluding hydrogens is 250 g/mol. The number of aromatic nitrogens is 2. The minimum atomic E-state index is 0.494. The third-order valence-corrected chi connectivity index (χ3v) is 4.33. The highest BCUT2D eigenvalue weighted by Crippen LogP contribution is 2.33. The molecule has 1 atom stereocenters. The van der Waals surface area contributed by atoms with Gasteiger partial charge in [-0.25, -0.2) is 0 Å². The van der Waals surface area contributed by atoms with Gasteiger partial charge in [-0.15, -0.1) is 0 Å². The summed E-state index contributed by atoms with van der Waals surface area (Å²) < 4.78 is 5.52. The van der Waals surface area contributed by atoms with Crippen LogP contribution in [-0.2, 0) is 4.74 Å². The van der Waals surface area contributed by atoms with Crippen LogP contribution in [0.2, 0.25) is 0 Å². The summed E-state index contributed by atoms with van der Waals surface area (Å²) in [7, 11) is 0. The van der Waals surface area contributed by atoms with Gasteiger partial charge in [0.15, 0.2) is 0 Å². The largest absolute Gasteiger partial charge is 0.381 e. The molecule has 0 spiro atoms. The molecule has 4 nitrogen and oxygen atoms in total. The number of hydrogen-bond acceptors (Lipinski definition) is 3. The Morgan fingerprint density at radius 3 is 3.10 bits per heavy atom. The van der Waals surface area contributed by atoms with Crippen LogP contribution in [0.25, 0.3) is 16.5 Å². The molecule has 3 heterocycles. The van der Waals surface area contributed by atoms with Crippen molar-refractivity contribution in [2.24, 2.45) is 0 Å². The highest BCUT2D eigenvalue weighted by atomic mass is 16.5. The van der Waals surface area contributed by atoms with Crippen LogP contribution in [0.1, 0.15) is 30.0 Å². The third-order valence-electron chi connectivity index (χ3n) is 4.33. The van der Waals surface area contributed by atoms with E-state index in [1.54, 1.807) is 0 Å². The fraction of sp³-hybridized carbons (Fsp3) is 0.438. The summed E-state index contributed by atoms with van der Waals surface area (Å²) in [4.78, 5) is 0. The second-order valence-corrected chi connectivity index (χ2v) is 5.60. The molecule has 1 aromatic carbocycles. The second kappa shape index (κ2) is 5.04. The minimum Gasteiger partial charge on any atom is -0.381 e. The van der Waals surface area contributed by atoms with E-state index in [0.29, 0.717) is 5.92 Å². The lowest BCUT2D eigenvalue weighted by molar-refractivity contribution is 0.194. The number of hydrogen-bond donors (Lipinski definition) is 2. The molecule has 1 aromatic heterocycles. The van der Waals surface area contributed by atoms with Gasteiger partial charge in [0.05, 0.1) is 17.8 Å². The summed E-state index contributed by atoms with van der Waals surface area (Å²) >= 11 is 0. The number of ether oxygens (including phenoxy) is 1. The van der Waals surface area contributed by atoms with E-state index in [4.69, 9.17) is 4.74 Å². The molecule has 2 aromatic rings. The number of aromatic amines is 1. The van der Waals surface area contributed by atoms with Gasteiger partial charge in [0.1, 0.15) is 0 Å². The average Bonchev–Trinajstić information content (AvgIpc) is 3.17. The zero-order valence-corrected chi connectivity index (χ0v) is 11.5. The minimum absolute atomic E-state index is 0.494. The summed E-state index contributed by atoms with van der Waals surface area (Å²) in [5.41, 5.74) is 4.95. The molecule has 0 saturated carbocycles. The third kappa shape index (κ3) is 1.96. The Labute approximate surface area is 118 Å². The van der Waals surface area contributed by atoms with Crippen molar-refractivity contribution in [2.45, 2.75) is 18.8 Å². The molecule has 2 aliphatic rings. The van der Waals surface area contributed by atoms with Crippen molar-refractivity contribution >= 4 is 16.5 Å². The van der Waals surface area contributed by atoms with Gasteiger partial charge in [-0.3, -0.25) is 5.10 Å². The van der Waals surface area contributed by atoms with Crippen LogP contribution in [0.3, 0.4) is 0 Å². The monoisotopic (exact) mass is 269 g/mol. The van der Waals surface area contributed by atoms with Gasteiger partial charge in [0.2, 0.25) is 0 Å². The predicted molar refractivity (Wildman–Crippen MR) is 79.7 cm³/mol. The summed E-state index contributed by atoms with van der Waals surface area (Å²) in [5, 5.41) is 12.5. The Balaban J connectivity index is 1.81. The zero-order valence-electron chi connectivity index (χ0n) is 11.5. The molecule has 4 rings (SSSR count). The van der Waals surface area contributed by atoms with E-state index in [0.717, 1.165) is 44.7 Å². The normalized spacial score (nSPS) is 23.2. The molecule has 0 unspecified atom stereocenters. The van der Waals surface area contributed by atoms with Gasteiger partial charge in [-0.1, -0.05) is 24.3 Å². The number of para-hydroxylation sites is 1. The first-order chi connectivity index (χ1) is 9.93. The van der Waals surface area contributed by atoms with Gasteiger partial charge in [0, 0.05) is 24.5 Å². The van der Waals surface area contributed by atoms with Crippen molar-refractivity contribution in [3.63, 3.8) is 0 Å². The van der Waals surface area contributed by atoms with Crippen LogP contribution in [0.15, 0.2) is 24.3 Å². The Bertz CT molecular complexity index is 653. The summed E-state index contributed by atoms with van der Waals surface area (Å²) in [6.07, 6.45) is 4.51. The van der Waals surface area contributed by atoms with Crippen molar-refractivity contribution in [2.75, 3.05) is 26.3 Å². The smallest absolute Gasteiger partial charge is 0.0962 e. The molecule has 0 bridgehead atoms. The number of fused-ring (bicyclic) bond motifs is 1. The lowest BCUT2D eigenvalue weighted by atomic mass is 9.95. The van der Waals surface area contributed by atoms with Crippen LogP contribution in [0, 0.1) is 0 Å². The fourth-order valence-electron chi connectivity index (χ4n) is 3.25. The van der Waals surface area contributed by atoms with Crippen LogP contribution in [0.5, 0.6) is 0 Å². The molecule has 4 heteroatoms. The molecule has 20 heavy (non-hydrogen) atoms. The van der Waals surface area contributed by atoms with Crippen molar-refractivity contribution < 1.29 is 4.74 Å². The average molecular weight is 269 g/mol. The first kappa shape index (κ1) is 12.1. The summed E-state index contributed by atoms with van der Waals surface area (Å²) in [6, 6.07) is 6.51. The molecule has 104 valence electrons. The summed E-state index contributed by atoms with van der Waals surface area (Å²) in [6.45, 7) is 3.69. The lowest BCUT2D eigenvalue weighted by Gasteiger charge is -2.13. The van der Waals surface area contributed by atoms with E-state index < -0.39 is 0 Å². The van der Waals surface area contributed by atoms with Crippen LogP contribution in [0.4, 0.5) is 0 Å². The van der Waals surface area contributed by atoms with E-state index in [9.17, 15) is 0 Å². The number of H-pyrrole nitrogens is 1. The molecule has 0 aliphatic carbocycles. The van der Waals surface area contributed by atoms with Gasteiger partial charge < -0.3 is 10.1 Å². The zero-order chi connectivity index (χ0) is 13.4. The Morgan fingerprint density at radius 2 is 2.30 bits per heavy atom. The molecule has 0 radical (unpaired) electrons. The second-order valence-electron chi connectivity index (χ2n) is 5.60. The van der Waals surface area contributed by atoms with Crippen LogP contribution in [-0.4, -0.2) is 36.5 Å². The van der Waals surface area contributed by atoms with Crippen molar-refractivity contribution in [1.82, 2.24) is 15.5 Å². The van der Waals surface area contributed by atoms with Crippen molar-refractivity contribution in [1.29, 1.82) is 0 Å². The maximum atomic E-state index is 5.52. The molecule has 2 aliphatic heterocycles. The Kier molecular flexibility index (Phi) is 3.05. The fourth-order valence-corrected chi connectivity index (χ4v) is 3.25.